The van der Waals surface area contributed by atoms with Crippen LogP contribution in [0.15, 0.2) is 24.8 Å². The summed E-state index contributed by atoms with van der Waals surface area (Å²) in [6, 6.07) is 4.70. The maximum absolute atomic E-state index is 7.02. The third kappa shape index (κ3) is 4.09. The summed E-state index contributed by atoms with van der Waals surface area (Å²) in [7, 11) is 5.34. The molecule has 6 nitrogen and oxygen atoms in total. The van der Waals surface area contributed by atoms with Gasteiger partial charge in [-0.15, -0.1) is 6.58 Å². The highest BCUT2D eigenvalue weighted by Crippen LogP contribution is 2.65. The number of likely N-dealkylation sites (tertiary alicyclic amines) is 1. The summed E-state index contributed by atoms with van der Waals surface area (Å²) in [4.78, 5) is 2.74. The van der Waals surface area contributed by atoms with Crippen molar-refractivity contribution in [1.82, 2.24) is 4.90 Å². The Morgan fingerprint density at radius 3 is 2.58 bits per heavy atom. The molecule has 200 valence electrons. The van der Waals surface area contributed by atoms with Gasteiger partial charge in [-0.3, -0.25) is 4.90 Å². The average molecular weight is 500 g/mol. The van der Waals surface area contributed by atoms with Gasteiger partial charge in [-0.25, -0.2) is 0 Å². The summed E-state index contributed by atoms with van der Waals surface area (Å²) in [5.74, 6) is 1.89. The van der Waals surface area contributed by atoms with Crippen molar-refractivity contribution in [3.63, 3.8) is 0 Å². The molecule has 0 spiro atoms. The predicted molar refractivity (Wildman–Crippen MR) is 141 cm³/mol. The van der Waals surface area contributed by atoms with E-state index >= 15 is 0 Å². The van der Waals surface area contributed by atoms with E-state index in [2.05, 4.69) is 30.5 Å². The number of benzene rings is 1. The Balaban J connectivity index is 1.69. The first kappa shape index (κ1) is 26.0. The van der Waals surface area contributed by atoms with Crippen molar-refractivity contribution in [3.8, 4) is 11.5 Å². The summed E-state index contributed by atoms with van der Waals surface area (Å²) in [6.07, 6.45) is 11.1. The monoisotopic (exact) mass is 499 g/mol. The van der Waals surface area contributed by atoms with Crippen molar-refractivity contribution in [2.75, 3.05) is 47.6 Å². The van der Waals surface area contributed by atoms with Crippen LogP contribution in [0, 0.1) is 5.92 Å². The van der Waals surface area contributed by atoms with Crippen LogP contribution in [-0.2, 0) is 26.0 Å². The number of unbranched alkanes of at least 4 members (excludes halogenated alkanes) is 1. The second-order valence-electron chi connectivity index (χ2n) is 11.3. The lowest BCUT2D eigenvalue weighted by molar-refractivity contribution is -0.291. The topological polar surface area (TPSA) is 49.4 Å². The lowest BCUT2D eigenvalue weighted by Crippen LogP contribution is -2.76. The van der Waals surface area contributed by atoms with Gasteiger partial charge < -0.3 is 23.7 Å². The zero-order chi connectivity index (χ0) is 25.4. The Labute approximate surface area is 217 Å². The molecule has 1 aliphatic heterocycles. The van der Waals surface area contributed by atoms with E-state index in [0.717, 1.165) is 68.9 Å². The third-order valence-corrected chi connectivity index (χ3v) is 9.51. The Morgan fingerprint density at radius 1 is 1.11 bits per heavy atom. The average Bonchev–Trinajstić information content (AvgIpc) is 3.73. The summed E-state index contributed by atoms with van der Waals surface area (Å²) >= 11 is 0. The van der Waals surface area contributed by atoms with Crippen molar-refractivity contribution in [2.45, 2.75) is 87.6 Å². The first-order valence-corrected chi connectivity index (χ1v) is 13.9. The van der Waals surface area contributed by atoms with Crippen LogP contribution in [0.2, 0.25) is 0 Å². The lowest BCUT2D eigenvalue weighted by Gasteiger charge is -2.67. The summed E-state index contributed by atoms with van der Waals surface area (Å²) in [5.41, 5.74) is 1.93. The Bertz CT molecular complexity index is 942. The van der Waals surface area contributed by atoms with Crippen LogP contribution in [-0.4, -0.2) is 70.0 Å². The third-order valence-electron chi connectivity index (χ3n) is 9.51. The fourth-order valence-corrected chi connectivity index (χ4v) is 7.55. The lowest BCUT2D eigenvalue weighted by atomic mass is 9.48. The van der Waals surface area contributed by atoms with E-state index in [-0.39, 0.29) is 11.0 Å². The molecule has 5 rings (SSSR count). The van der Waals surface area contributed by atoms with Crippen molar-refractivity contribution in [2.24, 2.45) is 5.92 Å². The van der Waals surface area contributed by atoms with Crippen molar-refractivity contribution in [1.29, 1.82) is 0 Å². The summed E-state index contributed by atoms with van der Waals surface area (Å²) in [6.45, 7) is 9.64. The van der Waals surface area contributed by atoms with Gasteiger partial charge in [0.15, 0.2) is 17.3 Å². The predicted octanol–water partition coefficient (Wildman–Crippen LogP) is 5.27. The molecule has 1 aromatic rings. The molecule has 0 aromatic heterocycles. The van der Waals surface area contributed by atoms with Gasteiger partial charge in [0.2, 0.25) is 0 Å². The van der Waals surface area contributed by atoms with Crippen LogP contribution in [0.5, 0.6) is 11.5 Å². The van der Waals surface area contributed by atoms with Gasteiger partial charge in [0.1, 0.15) is 0 Å². The van der Waals surface area contributed by atoms with Gasteiger partial charge >= 0.3 is 0 Å². The SMILES string of the molecule is C=CCO[C@@]12CCC(OC)(OC)C[C@@]13CCN(CC1CC1)[C@@H]2Cc1ccc(OCCCC)c(OC)c13. The fourth-order valence-electron chi connectivity index (χ4n) is 7.55. The molecule has 0 amide bonds. The second-order valence-corrected chi connectivity index (χ2v) is 11.3. The molecule has 2 saturated carbocycles. The summed E-state index contributed by atoms with van der Waals surface area (Å²) in [5, 5.41) is 0. The zero-order valence-corrected chi connectivity index (χ0v) is 22.8. The van der Waals surface area contributed by atoms with E-state index < -0.39 is 5.79 Å². The quantitative estimate of drug-likeness (QED) is 0.222. The Hall–Kier alpha value is -1.60. The van der Waals surface area contributed by atoms with E-state index in [1.165, 1.54) is 30.5 Å². The van der Waals surface area contributed by atoms with Gasteiger partial charge in [0.05, 0.1) is 25.9 Å². The first-order valence-electron chi connectivity index (χ1n) is 13.9. The van der Waals surface area contributed by atoms with Crippen LogP contribution in [0.3, 0.4) is 0 Å². The van der Waals surface area contributed by atoms with Crippen molar-refractivity contribution in [3.05, 3.63) is 35.9 Å². The molecule has 3 atom stereocenters. The van der Waals surface area contributed by atoms with Crippen LogP contribution in [0.25, 0.3) is 0 Å². The van der Waals surface area contributed by atoms with Gasteiger partial charge in [0, 0.05) is 50.6 Å². The molecule has 1 saturated heterocycles. The second kappa shape index (κ2) is 10.3. The molecular weight excluding hydrogens is 454 g/mol. The number of rotatable bonds is 12. The fraction of sp³-hybridized carbons (Fsp3) is 0.733. The van der Waals surface area contributed by atoms with E-state index in [0.29, 0.717) is 19.3 Å². The van der Waals surface area contributed by atoms with E-state index in [4.69, 9.17) is 23.7 Å². The molecule has 1 heterocycles. The molecule has 0 radical (unpaired) electrons. The number of ether oxygens (including phenoxy) is 5. The highest BCUT2D eigenvalue weighted by molar-refractivity contribution is 5.59. The van der Waals surface area contributed by atoms with Gasteiger partial charge in [-0.1, -0.05) is 25.5 Å². The molecule has 3 aliphatic carbocycles. The van der Waals surface area contributed by atoms with E-state index in [1.54, 1.807) is 21.3 Å². The van der Waals surface area contributed by atoms with Crippen LogP contribution in [0.1, 0.15) is 69.4 Å². The molecule has 4 aliphatic rings. The number of piperidine rings is 1. The van der Waals surface area contributed by atoms with Crippen molar-refractivity contribution < 1.29 is 23.7 Å². The minimum absolute atomic E-state index is 0.308. The van der Waals surface area contributed by atoms with Crippen LogP contribution >= 0.6 is 0 Å². The Kier molecular flexibility index (Phi) is 7.43. The Morgan fingerprint density at radius 2 is 1.92 bits per heavy atom. The molecule has 2 bridgehead atoms. The number of methoxy groups -OCH3 is 3. The molecule has 0 N–H and O–H groups in total. The molecule has 6 heteroatoms. The molecular formula is C30H45NO5. The maximum atomic E-state index is 7.02. The standard InChI is InChI=1S/C30H45NO5/c1-6-8-18-35-24-12-11-23-19-25-30(36-17-7-2)14-13-29(33-4,34-5)21-28(30,26(23)27(24)32-3)15-16-31(25)20-22-9-10-22/h7,11-12,22,25H,2,6,8-10,13-21H2,1,3-5H3/t25-,28-,30-/m1/s1. The van der Waals surface area contributed by atoms with E-state index in [9.17, 15) is 0 Å². The minimum Gasteiger partial charge on any atom is -0.493 e. The molecule has 36 heavy (non-hydrogen) atoms. The first-order chi connectivity index (χ1) is 17.5. The smallest absolute Gasteiger partial charge is 0.168 e. The van der Waals surface area contributed by atoms with E-state index in [1.807, 2.05) is 6.08 Å². The number of hydrogen-bond acceptors (Lipinski definition) is 6. The van der Waals surface area contributed by atoms with Gasteiger partial charge in [-0.2, -0.15) is 0 Å². The highest BCUT2D eigenvalue weighted by Gasteiger charge is 2.69. The summed E-state index contributed by atoms with van der Waals surface area (Å²) < 4.78 is 31.8. The van der Waals surface area contributed by atoms with Gasteiger partial charge in [-0.05, 0) is 62.6 Å². The number of hydrogen-bond donors (Lipinski definition) is 0. The highest BCUT2D eigenvalue weighted by atomic mass is 16.7. The largest absolute Gasteiger partial charge is 0.493 e. The van der Waals surface area contributed by atoms with Crippen LogP contribution in [0.4, 0.5) is 0 Å². The van der Waals surface area contributed by atoms with Crippen molar-refractivity contribution >= 4 is 0 Å². The molecule has 0 unspecified atom stereocenters. The minimum atomic E-state index is -0.650. The molecule has 3 fully saturated rings. The van der Waals surface area contributed by atoms with Gasteiger partial charge in [0.25, 0.3) is 0 Å². The molecule has 1 aromatic carbocycles. The zero-order valence-electron chi connectivity index (χ0n) is 22.8. The number of fused-ring (bicyclic) bond motifs is 1. The normalized spacial score (nSPS) is 30.8. The number of nitrogens with zero attached hydrogens (tertiary/aromatic N) is 1. The van der Waals surface area contributed by atoms with Crippen LogP contribution < -0.4 is 9.47 Å². The maximum Gasteiger partial charge on any atom is 0.168 e.